The lowest BCUT2D eigenvalue weighted by molar-refractivity contribution is -0.131. The van der Waals surface area contributed by atoms with E-state index in [1.54, 1.807) is 0 Å². The Bertz CT molecular complexity index is 1110. The summed E-state index contributed by atoms with van der Waals surface area (Å²) in [5, 5.41) is 5.34. The lowest BCUT2D eigenvalue weighted by Gasteiger charge is -2.30. The van der Waals surface area contributed by atoms with Crippen molar-refractivity contribution in [2.45, 2.75) is 77.2 Å². The predicted octanol–water partition coefficient (Wildman–Crippen LogP) is 4.00. The van der Waals surface area contributed by atoms with Crippen molar-refractivity contribution < 1.29 is 4.79 Å². The van der Waals surface area contributed by atoms with Crippen LogP contribution in [-0.4, -0.2) is 48.0 Å². The van der Waals surface area contributed by atoms with Gasteiger partial charge in [0.1, 0.15) is 5.56 Å². The fourth-order valence-electron chi connectivity index (χ4n) is 4.58. The third kappa shape index (κ3) is 4.33. The van der Waals surface area contributed by atoms with Gasteiger partial charge in [0.05, 0.1) is 11.4 Å². The van der Waals surface area contributed by atoms with Gasteiger partial charge in [0.2, 0.25) is 5.91 Å². The number of hydrogen-bond acceptors (Lipinski definition) is 5. The third-order valence-electron chi connectivity index (χ3n) is 5.89. The smallest absolute Gasteiger partial charge is 0.284 e. The minimum Gasteiger partial charge on any atom is -0.337 e. The van der Waals surface area contributed by atoms with E-state index in [1.165, 1.54) is 16.4 Å². The van der Waals surface area contributed by atoms with Crippen LogP contribution in [-0.2, 0) is 17.8 Å². The Labute approximate surface area is 193 Å². The van der Waals surface area contributed by atoms with Crippen molar-refractivity contribution >= 4 is 17.7 Å². The van der Waals surface area contributed by atoms with Crippen molar-refractivity contribution in [2.24, 2.45) is 0 Å². The average Bonchev–Trinajstić information content (AvgIpc) is 2.92. The second-order valence-corrected chi connectivity index (χ2v) is 9.77. The fraction of sp³-hybridized carbons (Fsp3) is 0.500. The first kappa shape index (κ1) is 22.6. The number of benzene rings is 1. The normalized spacial score (nSPS) is 14.1. The first-order chi connectivity index (χ1) is 15.4. The molecule has 32 heavy (non-hydrogen) atoms. The molecule has 1 aromatic rings. The van der Waals surface area contributed by atoms with E-state index in [-0.39, 0.29) is 23.6 Å². The van der Waals surface area contributed by atoms with Gasteiger partial charge >= 0.3 is 0 Å². The summed E-state index contributed by atoms with van der Waals surface area (Å²) in [7, 11) is 0. The molecular weight excluding hydrogens is 422 g/mol. The Morgan fingerprint density at radius 2 is 1.81 bits per heavy atom. The van der Waals surface area contributed by atoms with Crippen LogP contribution in [0.4, 0.5) is 0 Å². The van der Waals surface area contributed by atoms with E-state index in [4.69, 9.17) is 4.98 Å². The van der Waals surface area contributed by atoms with Crippen molar-refractivity contribution in [2.75, 3.05) is 5.75 Å². The Kier molecular flexibility index (Phi) is 6.69. The summed E-state index contributed by atoms with van der Waals surface area (Å²) < 4.78 is 3.60. The molecule has 1 aromatic carbocycles. The molecule has 8 heteroatoms. The minimum absolute atomic E-state index is 0.101. The largest absolute Gasteiger partial charge is 0.337 e. The van der Waals surface area contributed by atoms with Gasteiger partial charge < -0.3 is 9.47 Å². The van der Waals surface area contributed by atoms with Crippen LogP contribution in [0.25, 0.3) is 17.1 Å². The van der Waals surface area contributed by atoms with Crippen LogP contribution >= 0.6 is 11.8 Å². The molecule has 0 saturated heterocycles. The second-order valence-electron chi connectivity index (χ2n) is 8.83. The number of carbonyl (C=O) groups excluding carboxylic acids is 1. The molecule has 0 N–H and O–H groups in total. The van der Waals surface area contributed by atoms with E-state index in [1.807, 2.05) is 62.9 Å². The first-order valence-electron chi connectivity index (χ1n) is 11.4. The quantitative estimate of drug-likeness (QED) is 0.417. The van der Waals surface area contributed by atoms with Gasteiger partial charge in [-0.3, -0.25) is 9.59 Å². The van der Waals surface area contributed by atoms with Crippen LogP contribution < -0.4 is 5.56 Å². The highest BCUT2D eigenvalue weighted by Gasteiger charge is 2.28. The zero-order chi connectivity index (χ0) is 22.8. The molecule has 0 atom stereocenters. The highest BCUT2D eigenvalue weighted by molar-refractivity contribution is 7.99. The zero-order valence-corrected chi connectivity index (χ0v) is 20.1. The molecule has 3 aliphatic heterocycles. The number of fused-ring (bicyclic) bond motifs is 3. The van der Waals surface area contributed by atoms with Crippen LogP contribution in [0.5, 0.6) is 0 Å². The number of thioether (sulfide) groups is 1. The number of aromatic nitrogens is 4. The number of amides is 1. The number of carbonyl (C=O) groups is 1. The summed E-state index contributed by atoms with van der Waals surface area (Å²) in [5.74, 6) is 0.883. The monoisotopic (exact) mass is 453 g/mol. The molecular formula is C24H31N5O2S. The third-order valence-corrected chi connectivity index (χ3v) is 6.85. The summed E-state index contributed by atoms with van der Waals surface area (Å²) >= 11 is 1.45. The standard InChI is InChI=1S/C24H31N5O2S/c1-16(2)28(17(3)4)20(30)15-32-24-25-22-21(19-13-9-6-10-14-27(19)24)23(31)29(26-22)18-11-7-5-8-12-18/h5,7-8,11-12,16-17H,6,9-10,13-15H2,1-4H3. The Morgan fingerprint density at radius 3 is 2.50 bits per heavy atom. The molecule has 0 unspecified atom stereocenters. The van der Waals surface area contributed by atoms with Crippen molar-refractivity contribution in [3.05, 3.63) is 46.4 Å². The molecule has 170 valence electrons. The molecule has 0 bridgehead atoms. The maximum atomic E-state index is 13.3. The molecule has 0 spiro atoms. The molecule has 3 aliphatic rings. The van der Waals surface area contributed by atoms with Gasteiger partial charge in [-0.25, -0.2) is 4.98 Å². The summed E-state index contributed by atoms with van der Waals surface area (Å²) in [6, 6.07) is 9.75. The first-order valence-corrected chi connectivity index (χ1v) is 12.4. The number of para-hydroxylation sites is 1. The van der Waals surface area contributed by atoms with Crippen molar-refractivity contribution in [1.82, 2.24) is 24.2 Å². The fourth-order valence-corrected chi connectivity index (χ4v) is 5.49. The van der Waals surface area contributed by atoms with Crippen LogP contribution in [0.15, 0.2) is 40.3 Å². The molecule has 0 fully saturated rings. The van der Waals surface area contributed by atoms with Crippen LogP contribution in [0.2, 0.25) is 0 Å². The van der Waals surface area contributed by atoms with Gasteiger partial charge in [0.25, 0.3) is 5.56 Å². The lowest BCUT2D eigenvalue weighted by atomic mass is 10.1. The summed E-state index contributed by atoms with van der Waals surface area (Å²) in [5.41, 5.74) is 2.22. The highest BCUT2D eigenvalue weighted by atomic mass is 32.2. The topological polar surface area (TPSA) is 73.0 Å². The van der Waals surface area contributed by atoms with Gasteiger partial charge in [0.15, 0.2) is 11.0 Å². The molecule has 3 heterocycles. The Balaban J connectivity index is 1.75. The van der Waals surface area contributed by atoms with Gasteiger partial charge in [-0.15, -0.1) is 5.10 Å². The van der Waals surface area contributed by atoms with E-state index in [0.29, 0.717) is 17.1 Å². The van der Waals surface area contributed by atoms with Gasteiger partial charge in [-0.1, -0.05) is 36.4 Å². The molecule has 0 aromatic heterocycles. The van der Waals surface area contributed by atoms with E-state index in [0.717, 1.165) is 48.8 Å². The van der Waals surface area contributed by atoms with Crippen molar-refractivity contribution in [3.8, 4) is 17.1 Å². The number of hydrogen-bond donors (Lipinski definition) is 0. The summed E-state index contributed by atoms with van der Waals surface area (Å²) in [4.78, 5) is 32.9. The summed E-state index contributed by atoms with van der Waals surface area (Å²) in [6.07, 6.45) is 4.01. The Hall–Kier alpha value is -2.61. The van der Waals surface area contributed by atoms with E-state index in [9.17, 15) is 9.59 Å². The predicted molar refractivity (Wildman–Crippen MR) is 128 cm³/mol. The second kappa shape index (κ2) is 9.48. The van der Waals surface area contributed by atoms with E-state index < -0.39 is 0 Å². The molecule has 4 rings (SSSR count). The SMILES string of the molecule is CC(C)N(C(=O)CSc1nc2nn(-c3ccccc3)c(=O)c-2c2n1CCCCC2)C(C)C. The number of nitrogens with zero attached hydrogens (tertiary/aromatic N) is 5. The highest BCUT2D eigenvalue weighted by Crippen LogP contribution is 2.30. The van der Waals surface area contributed by atoms with Gasteiger partial charge in [0, 0.05) is 24.3 Å². The zero-order valence-electron chi connectivity index (χ0n) is 19.2. The average molecular weight is 454 g/mol. The molecule has 0 saturated carbocycles. The van der Waals surface area contributed by atoms with E-state index in [2.05, 4.69) is 9.67 Å². The van der Waals surface area contributed by atoms with Crippen LogP contribution in [0.3, 0.4) is 0 Å². The molecule has 1 amide bonds. The van der Waals surface area contributed by atoms with Crippen molar-refractivity contribution in [3.63, 3.8) is 0 Å². The maximum absolute atomic E-state index is 13.3. The Morgan fingerprint density at radius 1 is 1.09 bits per heavy atom. The molecule has 0 aliphatic carbocycles. The van der Waals surface area contributed by atoms with Gasteiger partial charge in [-0.05, 0) is 59.1 Å². The van der Waals surface area contributed by atoms with Crippen LogP contribution in [0, 0.1) is 0 Å². The molecule has 0 radical (unpaired) electrons. The maximum Gasteiger partial charge on any atom is 0.284 e. The minimum atomic E-state index is -0.122. The number of rotatable bonds is 6. The lowest BCUT2D eigenvalue weighted by Crippen LogP contribution is -2.43. The van der Waals surface area contributed by atoms with Crippen LogP contribution in [0.1, 0.15) is 52.7 Å². The van der Waals surface area contributed by atoms with Crippen molar-refractivity contribution in [1.29, 1.82) is 0 Å². The van der Waals surface area contributed by atoms with E-state index >= 15 is 0 Å². The molecule has 7 nitrogen and oxygen atoms in total. The summed E-state index contributed by atoms with van der Waals surface area (Å²) in [6.45, 7) is 8.97. The van der Waals surface area contributed by atoms with Gasteiger partial charge in [-0.2, -0.15) is 4.68 Å².